The Kier molecular flexibility index (Phi) is 7.61. The topological polar surface area (TPSA) is 118 Å². The summed E-state index contributed by atoms with van der Waals surface area (Å²) in [6.07, 6.45) is 7.92. The van der Waals surface area contributed by atoms with E-state index in [1.165, 1.54) is 31.2 Å². The van der Waals surface area contributed by atoms with Crippen LogP contribution in [0.3, 0.4) is 0 Å². The number of hydrogen-bond donors (Lipinski definition) is 1. The van der Waals surface area contributed by atoms with Crippen LogP contribution in [-0.4, -0.2) is 57.8 Å². The van der Waals surface area contributed by atoms with E-state index in [1.807, 2.05) is 24.3 Å². The first-order valence-corrected chi connectivity index (χ1v) is 13.7. The largest absolute Gasteiger partial charge is 0.493 e. The number of aryl methyl sites for hydroxylation is 2. The van der Waals surface area contributed by atoms with Gasteiger partial charge in [0.25, 0.3) is 0 Å². The van der Waals surface area contributed by atoms with Crippen LogP contribution in [0.5, 0.6) is 11.6 Å². The van der Waals surface area contributed by atoms with Crippen LogP contribution >= 0.6 is 0 Å². The van der Waals surface area contributed by atoms with Gasteiger partial charge in [0, 0.05) is 29.4 Å². The van der Waals surface area contributed by atoms with E-state index >= 15 is 0 Å². The Balaban J connectivity index is 1.21. The Bertz CT molecular complexity index is 1510. The molecule has 1 aliphatic heterocycles. The maximum Gasteiger partial charge on any atom is 0.305 e. The summed E-state index contributed by atoms with van der Waals surface area (Å²) in [6.45, 7) is 1.45. The summed E-state index contributed by atoms with van der Waals surface area (Å²) in [5.74, 6) is 0.154. The van der Waals surface area contributed by atoms with Gasteiger partial charge >= 0.3 is 5.97 Å². The van der Waals surface area contributed by atoms with E-state index in [2.05, 4.69) is 22.2 Å². The first-order valence-electron chi connectivity index (χ1n) is 13.7. The van der Waals surface area contributed by atoms with E-state index < -0.39 is 18.3 Å². The van der Waals surface area contributed by atoms with Gasteiger partial charge < -0.3 is 24.1 Å². The number of ether oxygens (including phenoxy) is 4. The van der Waals surface area contributed by atoms with Gasteiger partial charge in [-0.25, -0.2) is 4.98 Å². The highest BCUT2D eigenvalue weighted by atomic mass is 16.7. The van der Waals surface area contributed by atoms with E-state index in [0.29, 0.717) is 36.8 Å². The molecule has 1 N–H and O–H groups in total. The molecule has 2 aliphatic rings. The summed E-state index contributed by atoms with van der Waals surface area (Å²) in [4.78, 5) is 21.1. The number of fused-ring (bicyclic) bond motifs is 2. The predicted octanol–water partition coefficient (Wildman–Crippen LogP) is 4.44. The van der Waals surface area contributed by atoms with Crippen LogP contribution in [0.15, 0.2) is 48.8 Å². The predicted molar refractivity (Wildman–Crippen MR) is 146 cm³/mol. The Morgan fingerprint density at radius 2 is 1.98 bits per heavy atom. The Morgan fingerprint density at radius 3 is 2.80 bits per heavy atom. The summed E-state index contributed by atoms with van der Waals surface area (Å²) in [5, 5.41) is 15.2. The number of aliphatic carboxylic acids is 1. The van der Waals surface area contributed by atoms with E-state index in [-0.39, 0.29) is 6.42 Å². The van der Waals surface area contributed by atoms with Crippen LogP contribution in [0.1, 0.15) is 59.7 Å². The first kappa shape index (κ1) is 26.2. The molecular weight excluding hydrogens is 512 g/mol. The molecule has 0 saturated carbocycles. The van der Waals surface area contributed by atoms with Gasteiger partial charge in [-0.05, 0) is 67.1 Å². The van der Waals surface area contributed by atoms with E-state index in [9.17, 15) is 9.90 Å². The Morgan fingerprint density at radius 1 is 1.12 bits per heavy atom. The minimum Gasteiger partial charge on any atom is -0.493 e. The highest BCUT2D eigenvalue weighted by molar-refractivity contribution is 5.81. The van der Waals surface area contributed by atoms with Crippen molar-refractivity contribution in [1.82, 2.24) is 19.7 Å². The average molecular weight is 545 g/mol. The van der Waals surface area contributed by atoms with Crippen molar-refractivity contribution in [2.24, 2.45) is 0 Å². The van der Waals surface area contributed by atoms with Gasteiger partial charge in [0.15, 0.2) is 6.29 Å². The lowest BCUT2D eigenvalue weighted by Gasteiger charge is -2.20. The number of carboxylic acids is 1. The van der Waals surface area contributed by atoms with Crippen molar-refractivity contribution in [2.75, 3.05) is 26.9 Å². The van der Waals surface area contributed by atoms with Gasteiger partial charge in [-0.3, -0.25) is 14.5 Å². The average Bonchev–Trinajstić information content (AvgIpc) is 3.66. The van der Waals surface area contributed by atoms with E-state index in [4.69, 9.17) is 23.9 Å². The third-order valence-electron chi connectivity index (χ3n) is 7.45. The molecule has 0 spiro atoms. The second kappa shape index (κ2) is 11.6. The number of aromatic nitrogens is 4. The molecule has 4 heterocycles. The molecule has 0 bridgehead atoms. The number of carbonyl (C=O) groups is 1. The Labute approximate surface area is 231 Å². The highest BCUT2D eigenvalue weighted by Crippen LogP contribution is 2.34. The molecule has 1 unspecified atom stereocenters. The summed E-state index contributed by atoms with van der Waals surface area (Å²) in [6, 6.07) is 11.3. The first-order chi connectivity index (χ1) is 19.6. The van der Waals surface area contributed by atoms with Gasteiger partial charge in [-0.15, -0.1) is 0 Å². The maximum atomic E-state index is 11.9. The second-order valence-electron chi connectivity index (χ2n) is 10.1. The standard InChI is InChI=1S/C30H32N4O6/c1-37-29-24(30-39-12-13-40-30)15-21(17-31-29)27(16-28(35)36)34-26-9-8-23(14-20(26)18-32-34)38-11-10-22-7-6-19-4-2-3-5-25(19)33-22/h6-9,14-15,17-18,27,30H,2-5,10-13,16H2,1H3,(H,35,36). The monoisotopic (exact) mass is 544 g/mol. The fourth-order valence-electron chi connectivity index (χ4n) is 5.47. The lowest BCUT2D eigenvalue weighted by Crippen LogP contribution is -2.17. The maximum absolute atomic E-state index is 11.9. The molecule has 1 fully saturated rings. The van der Waals surface area contributed by atoms with Crippen LogP contribution in [-0.2, 0) is 33.5 Å². The van der Waals surface area contributed by atoms with Gasteiger partial charge in [-0.1, -0.05) is 6.07 Å². The van der Waals surface area contributed by atoms with Crippen molar-refractivity contribution in [2.45, 2.75) is 50.9 Å². The molecule has 1 aliphatic carbocycles. The lowest BCUT2D eigenvalue weighted by atomic mass is 9.96. The number of pyridine rings is 2. The zero-order valence-corrected chi connectivity index (χ0v) is 22.4. The van der Waals surface area contributed by atoms with Gasteiger partial charge in [-0.2, -0.15) is 5.10 Å². The smallest absolute Gasteiger partial charge is 0.305 e. The third kappa shape index (κ3) is 5.50. The van der Waals surface area contributed by atoms with Gasteiger partial charge in [0.05, 0.1) is 56.7 Å². The van der Waals surface area contributed by atoms with Crippen LogP contribution in [0.25, 0.3) is 10.9 Å². The van der Waals surface area contributed by atoms with Gasteiger partial charge in [0.1, 0.15) is 5.75 Å². The number of nitrogens with zero attached hydrogens (tertiary/aromatic N) is 4. The van der Waals surface area contributed by atoms with Gasteiger partial charge in [0.2, 0.25) is 5.88 Å². The molecule has 208 valence electrons. The summed E-state index contributed by atoms with van der Waals surface area (Å²) in [5.41, 5.74) is 5.73. The molecule has 0 radical (unpaired) electrons. The number of carboxylic acid groups (broad SMARTS) is 1. The fourth-order valence-corrected chi connectivity index (χ4v) is 5.47. The van der Waals surface area contributed by atoms with E-state index in [0.717, 1.165) is 41.6 Å². The minimum absolute atomic E-state index is 0.178. The number of methoxy groups -OCH3 is 1. The van der Waals surface area contributed by atoms with Crippen LogP contribution in [0, 0.1) is 0 Å². The zero-order chi connectivity index (χ0) is 27.5. The highest BCUT2D eigenvalue weighted by Gasteiger charge is 2.27. The lowest BCUT2D eigenvalue weighted by molar-refractivity contribution is -0.137. The molecule has 10 nitrogen and oxygen atoms in total. The molecule has 1 atom stereocenters. The number of hydrogen-bond acceptors (Lipinski definition) is 8. The van der Waals surface area contributed by atoms with E-state index in [1.54, 1.807) is 17.1 Å². The molecule has 4 aromatic rings. The van der Waals surface area contributed by atoms with Crippen molar-refractivity contribution >= 4 is 16.9 Å². The third-order valence-corrected chi connectivity index (χ3v) is 7.45. The molecule has 6 rings (SSSR count). The quantitative estimate of drug-likeness (QED) is 0.309. The second-order valence-corrected chi connectivity index (χ2v) is 10.1. The molecule has 0 amide bonds. The van der Waals surface area contributed by atoms with Crippen molar-refractivity contribution in [1.29, 1.82) is 0 Å². The summed E-state index contributed by atoms with van der Waals surface area (Å²) >= 11 is 0. The molecule has 40 heavy (non-hydrogen) atoms. The van der Waals surface area contributed by atoms with Crippen molar-refractivity contribution < 1.29 is 28.8 Å². The van der Waals surface area contributed by atoms with Crippen LogP contribution in [0.4, 0.5) is 0 Å². The molecule has 3 aromatic heterocycles. The molecule has 1 saturated heterocycles. The van der Waals surface area contributed by atoms with Crippen molar-refractivity contribution in [3.05, 3.63) is 76.9 Å². The molecular formula is C30H32N4O6. The fraction of sp³-hybridized carbons (Fsp3) is 0.400. The number of benzene rings is 1. The normalized spacial score (nSPS) is 16.1. The zero-order valence-electron chi connectivity index (χ0n) is 22.4. The van der Waals surface area contributed by atoms with Crippen molar-refractivity contribution in [3.8, 4) is 11.6 Å². The molecule has 10 heteroatoms. The minimum atomic E-state index is -0.949. The summed E-state index contributed by atoms with van der Waals surface area (Å²) < 4.78 is 24.5. The van der Waals surface area contributed by atoms with Crippen LogP contribution in [0.2, 0.25) is 0 Å². The molecule has 1 aromatic carbocycles. The van der Waals surface area contributed by atoms with Crippen molar-refractivity contribution in [3.63, 3.8) is 0 Å². The summed E-state index contributed by atoms with van der Waals surface area (Å²) in [7, 11) is 1.53. The number of rotatable bonds is 10. The van der Waals surface area contributed by atoms with Crippen LogP contribution < -0.4 is 9.47 Å². The Hall–Kier alpha value is -4.02. The SMILES string of the molecule is COc1ncc(C(CC(=O)O)n2ncc3cc(OCCc4ccc5c(n4)CCCC5)ccc32)cc1C1OCCO1.